The van der Waals surface area contributed by atoms with E-state index >= 15 is 0 Å². The first kappa shape index (κ1) is 48.9. The Labute approximate surface area is 352 Å². The Morgan fingerprint density at radius 1 is 0.448 bits per heavy atom. The average Bonchev–Trinajstić information content (AvgIpc) is 3.19. The highest BCUT2D eigenvalue weighted by Gasteiger charge is 2.46. The van der Waals surface area contributed by atoms with Gasteiger partial charge in [-0.1, -0.05) is 107 Å². The predicted octanol–water partition coefficient (Wildman–Crippen LogP) is 10.4. The number of rotatable bonds is 14. The zero-order valence-corrected chi connectivity index (χ0v) is 40.5. The number of benzene rings is 1. The van der Waals surface area contributed by atoms with E-state index in [1.54, 1.807) is 40.6 Å². The lowest BCUT2D eigenvalue weighted by molar-refractivity contribution is 0.0458. The van der Waals surface area contributed by atoms with E-state index in [4.69, 9.17) is 28.4 Å². The summed E-state index contributed by atoms with van der Waals surface area (Å²) in [5.74, 6) is 5.56. The number of methoxy groups -OCH3 is 6. The Morgan fingerprint density at radius 2 is 0.707 bits per heavy atom. The molecule has 3 rings (SSSR count). The molecule has 1 aromatic rings. The van der Waals surface area contributed by atoms with Crippen LogP contribution in [-0.4, -0.2) is 81.9 Å². The van der Waals surface area contributed by atoms with E-state index in [0.717, 1.165) is 0 Å². The molecule has 0 spiro atoms. The molecule has 318 valence electrons. The molecule has 0 fully saturated rings. The Morgan fingerprint density at radius 3 is 0.897 bits per heavy atom. The van der Waals surface area contributed by atoms with Gasteiger partial charge >= 0.3 is 11.9 Å². The van der Waals surface area contributed by atoms with Crippen LogP contribution >= 0.6 is 0 Å². The van der Waals surface area contributed by atoms with Crippen LogP contribution in [0.2, 0.25) is 33.2 Å². The van der Waals surface area contributed by atoms with Crippen molar-refractivity contribution >= 4 is 28.1 Å². The average molecular weight is 831 g/mol. The lowest BCUT2D eigenvalue weighted by atomic mass is 9.76. The molecule has 2 aliphatic rings. The van der Waals surface area contributed by atoms with E-state index < -0.39 is 50.5 Å². The molecule has 0 N–H and O–H groups in total. The number of hydrogen-bond acceptors (Lipinski definition) is 8. The van der Waals surface area contributed by atoms with Gasteiger partial charge in [-0.3, -0.25) is 0 Å². The highest BCUT2D eigenvalue weighted by atomic mass is 28.3. The van der Waals surface area contributed by atoms with Crippen LogP contribution in [0.1, 0.15) is 115 Å². The van der Waals surface area contributed by atoms with Gasteiger partial charge in [-0.15, -0.1) is 11.1 Å². The van der Waals surface area contributed by atoms with Crippen LogP contribution in [0.15, 0.2) is 60.7 Å². The Hall–Kier alpha value is -3.49. The summed E-state index contributed by atoms with van der Waals surface area (Å²) in [6, 6.07) is 3.53. The van der Waals surface area contributed by atoms with E-state index in [1.807, 2.05) is 48.6 Å². The summed E-state index contributed by atoms with van der Waals surface area (Å²) < 4.78 is 35.4. The van der Waals surface area contributed by atoms with E-state index in [0.29, 0.717) is 44.4 Å². The topological polar surface area (TPSA) is 89.5 Å². The number of esters is 2. The first-order valence-corrected chi connectivity index (χ1v) is 25.0. The van der Waals surface area contributed by atoms with Gasteiger partial charge in [0, 0.05) is 39.6 Å². The van der Waals surface area contributed by atoms with Crippen molar-refractivity contribution < 1.29 is 38.0 Å². The summed E-state index contributed by atoms with van der Waals surface area (Å²) in [4.78, 5) is 28.0. The van der Waals surface area contributed by atoms with Gasteiger partial charge in [0.05, 0.1) is 25.3 Å². The SMILES string of the molecule is COC(=O)c1c(C2(OC)C=CC(C#C[Si](C(C)C)(C(C)C)C(C)C)(OC)C=C2)ccc(C2(OC)C=CC(C#C[Si](C(C)C)(C(C)C)C(C)C)(OC)C=C2)c1C(=O)OC. The fraction of sp³-hybridized carbons (Fsp3) is 0.583. The van der Waals surface area contributed by atoms with E-state index in [9.17, 15) is 9.59 Å². The normalized spacial score (nSPS) is 24.4. The maximum atomic E-state index is 14.0. The molecule has 1 aromatic carbocycles. The molecule has 2 aliphatic carbocycles. The van der Waals surface area contributed by atoms with E-state index in [1.165, 1.54) is 14.2 Å². The molecule has 0 bridgehead atoms. The highest BCUT2D eigenvalue weighted by molar-refractivity contribution is 6.91. The van der Waals surface area contributed by atoms with Crippen LogP contribution in [0.5, 0.6) is 0 Å². The van der Waals surface area contributed by atoms with Gasteiger partial charge in [-0.25, -0.2) is 9.59 Å². The van der Waals surface area contributed by atoms with Gasteiger partial charge in [-0.05, 0) is 81.9 Å². The first-order chi connectivity index (χ1) is 27.1. The van der Waals surface area contributed by atoms with Crippen molar-refractivity contribution in [1.29, 1.82) is 0 Å². The Balaban J connectivity index is 2.32. The van der Waals surface area contributed by atoms with Crippen LogP contribution in [0.4, 0.5) is 0 Å². The summed E-state index contributed by atoms with van der Waals surface area (Å²) in [6.45, 7) is 27.3. The van der Waals surface area contributed by atoms with E-state index in [2.05, 4.69) is 106 Å². The molecule has 10 heteroatoms. The largest absolute Gasteiger partial charge is 0.465 e. The molecule has 0 aliphatic heterocycles. The summed E-state index contributed by atoms with van der Waals surface area (Å²) in [7, 11) is 4.71. The smallest absolute Gasteiger partial charge is 0.339 e. The van der Waals surface area contributed by atoms with Crippen molar-refractivity contribution in [3.63, 3.8) is 0 Å². The third-order valence-electron chi connectivity index (χ3n) is 13.2. The van der Waals surface area contributed by atoms with Crippen LogP contribution in [-0.2, 0) is 39.6 Å². The lowest BCUT2D eigenvalue weighted by Crippen LogP contribution is -2.44. The summed E-state index contributed by atoms with van der Waals surface area (Å²) in [6.07, 6.45) is 14.7. The summed E-state index contributed by atoms with van der Waals surface area (Å²) in [5, 5.41) is 0. The molecule has 0 aromatic heterocycles. The van der Waals surface area contributed by atoms with Crippen LogP contribution in [0, 0.1) is 22.9 Å². The fourth-order valence-corrected chi connectivity index (χ4v) is 20.3. The molecule has 0 atom stereocenters. The molecular formula is C48H70O8Si2. The molecule has 58 heavy (non-hydrogen) atoms. The van der Waals surface area contributed by atoms with Gasteiger partial charge in [0.25, 0.3) is 0 Å². The Kier molecular flexibility index (Phi) is 15.9. The third-order valence-corrected chi connectivity index (χ3v) is 25.8. The standard InChI is InChI=1S/C48H70O8Si2/c1-33(2)57(34(3)4,35(5)6)31-29-45(53-15)21-25-47(55-17,26-22-45)39-19-20-40(42(44(50)52-14)41(39)43(49)51-13)48(56-18)27-23-46(54-16,24-28-48)30-32-58(36(7)8,37(9)10)38(11)12/h19-28,33-38H,1-18H3. The molecule has 0 radical (unpaired) electrons. The van der Waals surface area contributed by atoms with Gasteiger partial charge < -0.3 is 28.4 Å². The van der Waals surface area contributed by atoms with Crippen molar-refractivity contribution in [3.05, 3.63) is 83.0 Å². The lowest BCUT2D eigenvalue weighted by Gasteiger charge is -2.39. The first-order valence-electron chi connectivity index (χ1n) is 20.5. The van der Waals surface area contributed by atoms with E-state index in [-0.39, 0.29) is 11.1 Å². The second-order valence-corrected chi connectivity index (χ2v) is 28.7. The van der Waals surface area contributed by atoms with Crippen molar-refractivity contribution in [1.82, 2.24) is 0 Å². The zero-order valence-electron chi connectivity index (χ0n) is 38.5. The molecule has 0 saturated heterocycles. The molecule has 8 nitrogen and oxygen atoms in total. The predicted molar refractivity (Wildman–Crippen MR) is 240 cm³/mol. The number of carbonyl (C=O) groups is 2. The van der Waals surface area contributed by atoms with Gasteiger partial charge in [0.15, 0.2) is 11.2 Å². The minimum atomic E-state index is -2.10. The second kappa shape index (κ2) is 18.8. The number of carbonyl (C=O) groups excluding carboxylic acids is 2. The molecular weight excluding hydrogens is 761 g/mol. The van der Waals surface area contributed by atoms with Crippen LogP contribution in [0.3, 0.4) is 0 Å². The van der Waals surface area contributed by atoms with Crippen molar-refractivity contribution in [3.8, 4) is 22.9 Å². The third kappa shape index (κ3) is 8.57. The number of hydrogen-bond donors (Lipinski definition) is 0. The quantitative estimate of drug-likeness (QED) is 0.0793. The highest BCUT2D eigenvalue weighted by Crippen LogP contribution is 2.46. The summed E-state index contributed by atoms with van der Waals surface area (Å²) in [5.41, 5.74) is 6.19. The van der Waals surface area contributed by atoms with Gasteiger partial charge in [-0.2, -0.15) is 0 Å². The Bertz CT molecular complexity index is 1700. The zero-order chi connectivity index (χ0) is 44.1. The van der Waals surface area contributed by atoms with Crippen molar-refractivity contribution in [2.45, 2.75) is 139 Å². The molecule has 0 saturated carbocycles. The molecule has 0 unspecified atom stereocenters. The minimum Gasteiger partial charge on any atom is -0.465 e. The van der Waals surface area contributed by atoms with Crippen LogP contribution < -0.4 is 0 Å². The van der Waals surface area contributed by atoms with Gasteiger partial charge in [0.2, 0.25) is 0 Å². The molecule has 0 amide bonds. The maximum absolute atomic E-state index is 14.0. The second-order valence-electron chi connectivity index (χ2n) is 17.5. The van der Waals surface area contributed by atoms with Gasteiger partial charge in [0.1, 0.15) is 27.3 Å². The molecule has 0 heterocycles. The minimum absolute atomic E-state index is 0.0203. The van der Waals surface area contributed by atoms with Crippen molar-refractivity contribution in [2.75, 3.05) is 42.7 Å². The van der Waals surface area contributed by atoms with Crippen LogP contribution in [0.25, 0.3) is 0 Å². The fourth-order valence-electron chi connectivity index (χ4n) is 9.76. The van der Waals surface area contributed by atoms with Crippen molar-refractivity contribution in [2.24, 2.45) is 0 Å². The monoisotopic (exact) mass is 830 g/mol. The number of ether oxygens (including phenoxy) is 6. The maximum Gasteiger partial charge on any atom is 0.339 e. The summed E-state index contributed by atoms with van der Waals surface area (Å²) >= 11 is 0.